The van der Waals surface area contributed by atoms with Gasteiger partial charge in [0.25, 0.3) is 5.91 Å². The highest BCUT2D eigenvalue weighted by molar-refractivity contribution is 7.91. The Labute approximate surface area is 321 Å². The molecule has 0 spiro atoms. The van der Waals surface area contributed by atoms with Crippen molar-refractivity contribution >= 4 is 56.3 Å². The largest absolute Gasteiger partial charge is 0.488 e. The Kier molecular flexibility index (Phi) is 10.2. The predicted octanol–water partition coefficient (Wildman–Crippen LogP) is 5.16. The Morgan fingerprint density at radius 1 is 1.09 bits per heavy atom. The number of ether oxygens (including phenoxy) is 2. The summed E-state index contributed by atoms with van der Waals surface area (Å²) in [7, 11) is -4.00. The van der Waals surface area contributed by atoms with Gasteiger partial charge in [0.05, 0.1) is 16.8 Å². The standard InChI is InChI=1S/C39H50ClN5O8S/c1-5-24-21-39(24,35(48)44-54(50,51)38(15-16-38)20-23-10-11-23)43-33(46)30-19-27(52-31-14-17-41-29-18-25(40)12-13-28(29)31)22-45(30)34(47)32(37(2,3)4)42-36(49)53-26-8-6-7-9-26/h5,12-14,17-18,23-24,26-27,30,32H,1,6-11,15-16,19-22H2,2-4H3,(H,42,49)(H,43,46)(H,44,48)/t24-,27+,30-,32+,39-/m0/s1. The van der Waals surface area contributed by atoms with Crippen molar-refractivity contribution in [3.63, 3.8) is 0 Å². The van der Waals surface area contributed by atoms with Crippen LogP contribution in [0.4, 0.5) is 4.79 Å². The fourth-order valence-electron chi connectivity index (χ4n) is 8.10. The van der Waals surface area contributed by atoms with Crippen LogP contribution in [0.1, 0.15) is 91.4 Å². The summed E-state index contributed by atoms with van der Waals surface area (Å²) in [6.45, 7) is 9.25. The van der Waals surface area contributed by atoms with Gasteiger partial charge in [-0.3, -0.25) is 24.1 Å². The van der Waals surface area contributed by atoms with Crippen LogP contribution in [-0.4, -0.2) is 83.2 Å². The van der Waals surface area contributed by atoms with Crippen LogP contribution in [0.25, 0.3) is 10.9 Å². The van der Waals surface area contributed by atoms with E-state index in [2.05, 4.69) is 26.9 Å². The van der Waals surface area contributed by atoms with E-state index in [4.69, 9.17) is 21.1 Å². The lowest BCUT2D eigenvalue weighted by molar-refractivity contribution is -0.143. The molecule has 1 aromatic heterocycles. The maximum absolute atomic E-state index is 14.6. The van der Waals surface area contributed by atoms with Gasteiger partial charge in [0.2, 0.25) is 21.8 Å². The summed E-state index contributed by atoms with van der Waals surface area (Å²) in [5, 5.41) is 6.84. The third-order valence-corrected chi connectivity index (χ3v) is 14.2. The molecule has 4 aliphatic carbocycles. The first-order chi connectivity index (χ1) is 25.5. The van der Waals surface area contributed by atoms with Crippen LogP contribution in [0.3, 0.4) is 0 Å². The van der Waals surface area contributed by atoms with Gasteiger partial charge in [-0.25, -0.2) is 13.2 Å². The number of benzene rings is 1. The van der Waals surface area contributed by atoms with Crippen molar-refractivity contribution in [3.8, 4) is 5.75 Å². The monoisotopic (exact) mass is 783 g/mol. The number of carbonyl (C=O) groups is 4. The highest BCUT2D eigenvalue weighted by Crippen LogP contribution is 2.53. The van der Waals surface area contributed by atoms with Crippen molar-refractivity contribution in [1.82, 2.24) is 25.2 Å². The quantitative estimate of drug-likeness (QED) is 0.232. The number of sulfonamides is 1. The van der Waals surface area contributed by atoms with Crippen LogP contribution in [-0.2, 0) is 29.1 Å². The molecule has 1 saturated heterocycles. The third kappa shape index (κ3) is 7.78. The van der Waals surface area contributed by atoms with Crippen molar-refractivity contribution in [2.75, 3.05) is 6.54 Å². The van der Waals surface area contributed by atoms with E-state index in [1.54, 1.807) is 30.5 Å². The van der Waals surface area contributed by atoms with E-state index in [0.29, 0.717) is 46.9 Å². The molecular weight excluding hydrogens is 734 g/mol. The summed E-state index contributed by atoms with van der Waals surface area (Å²) in [5.41, 5.74) is -1.73. The summed E-state index contributed by atoms with van der Waals surface area (Å²) in [6, 6.07) is 4.71. The number of rotatable bonds is 13. The molecule has 4 amide bonds. The second kappa shape index (κ2) is 14.3. The molecule has 5 aliphatic rings. The number of carbonyl (C=O) groups excluding carboxylic acids is 4. The van der Waals surface area contributed by atoms with Gasteiger partial charge in [0.15, 0.2) is 0 Å². The van der Waals surface area contributed by atoms with Gasteiger partial charge in [-0.05, 0) is 87.0 Å². The molecule has 2 heterocycles. The smallest absolute Gasteiger partial charge is 0.408 e. The molecule has 292 valence electrons. The molecule has 54 heavy (non-hydrogen) atoms. The van der Waals surface area contributed by atoms with Crippen LogP contribution >= 0.6 is 11.6 Å². The van der Waals surface area contributed by atoms with Crippen LogP contribution < -0.4 is 20.1 Å². The lowest BCUT2D eigenvalue weighted by atomic mass is 9.85. The molecule has 1 aromatic carbocycles. The molecule has 13 nitrogen and oxygen atoms in total. The number of nitrogens with zero attached hydrogens (tertiary/aromatic N) is 2. The lowest BCUT2D eigenvalue weighted by Crippen LogP contribution is -2.60. The van der Waals surface area contributed by atoms with E-state index in [1.807, 2.05) is 20.8 Å². The van der Waals surface area contributed by atoms with Crippen molar-refractivity contribution in [3.05, 3.63) is 48.1 Å². The molecule has 3 N–H and O–H groups in total. The van der Waals surface area contributed by atoms with Gasteiger partial charge >= 0.3 is 6.09 Å². The molecular formula is C39H50ClN5O8S. The van der Waals surface area contributed by atoms with Gasteiger partial charge in [-0.15, -0.1) is 6.58 Å². The highest BCUT2D eigenvalue weighted by atomic mass is 35.5. The number of hydrogen-bond acceptors (Lipinski definition) is 9. The minimum atomic E-state index is -4.00. The molecule has 5 fully saturated rings. The number of aromatic nitrogens is 1. The first kappa shape index (κ1) is 38.4. The number of amides is 4. The van der Waals surface area contributed by atoms with Crippen LogP contribution in [0, 0.1) is 17.3 Å². The second-order valence-corrected chi connectivity index (χ2v) is 19.5. The predicted molar refractivity (Wildman–Crippen MR) is 202 cm³/mol. The zero-order valence-electron chi connectivity index (χ0n) is 31.1. The molecule has 5 atom stereocenters. The molecule has 0 bridgehead atoms. The van der Waals surface area contributed by atoms with E-state index in [9.17, 15) is 27.6 Å². The SMILES string of the molecule is C=C[C@H]1C[C@@]1(NC(=O)[C@@H]1C[C@@H](Oc2ccnc3cc(Cl)ccc23)CN1C(=O)[C@@H](NC(=O)OC1CCCC1)C(C)(C)C)C(=O)NS(=O)(=O)C1(CC2CC2)CC1. The number of pyridine rings is 1. The molecule has 15 heteroatoms. The third-order valence-electron chi connectivity index (χ3n) is 11.8. The number of hydrogen-bond donors (Lipinski definition) is 3. The van der Waals surface area contributed by atoms with E-state index in [-0.39, 0.29) is 25.5 Å². The maximum atomic E-state index is 14.6. The summed E-state index contributed by atoms with van der Waals surface area (Å²) in [4.78, 5) is 61.8. The van der Waals surface area contributed by atoms with E-state index in [0.717, 1.165) is 38.5 Å². The number of nitrogens with one attached hydrogen (secondary N) is 3. The second-order valence-electron chi connectivity index (χ2n) is 17.0. The summed E-state index contributed by atoms with van der Waals surface area (Å²) >= 11 is 6.21. The first-order valence-corrected chi connectivity index (χ1v) is 20.9. The minimum absolute atomic E-state index is 0.0115. The molecule has 7 rings (SSSR count). The van der Waals surface area contributed by atoms with E-state index < -0.39 is 73.6 Å². The first-order valence-electron chi connectivity index (χ1n) is 19.0. The average molecular weight is 784 g/mol. The Morgan fingerprint density at radius 3 is 2.44 bits per heavy atom. The number of alkyl carbamates (subject to hydrolysis) is 1. The van der Waals surface area contributed by atoms with Gasteiger partial charge in [0, 0.05) is 28.9 Å². The lowest BCUT2D eigenvalue weighted by Gasteiger charge is -2.35. The van der Waals surface area contributed by atoms with Gasteiger partial charge in [-0.2, -0.15) is 0 Å². The van der Waals surface area contributed by atoms with Crippen LogP contribution in [0.15, 0.2) is 43.1 Å². The zero-order valence-corrected chi connectivity index (χ0v) is 32.6. The molecule has 0 unspecified atom stereocenters. The van der Waals surface area contributed by atoms with Crippen LogP contribution in [0.5, 0.6) is 5.75 Å². The van der Waals surface area contributed by atoms with Gasteiger partial charge in [-0.1, -0.05) is 51.3 Å². The Balaban J connectivity index is 1.14. The van der Waals surface area contributed by atoms with Crippen molar-refractivity contribution in [1.29, 1.82) is 0 Å². The fraction of sp³-hybridized carbons (Fsp3) is 0.615. The number of halogens is 1. The number of likely N-dealkylation sites (tertiary alicyclic amines) is 1. The fourth-order valence-corrected chi connectivity index (χ4v) is 10.0. The normalized spacial score (nSPS) is 26.8. The zero-order chi connectivity index (χ0) is 38.6. The Bertz CT molecular complexity index is 1950. The summed E-state index contributed by atoms with van der Waals surface area (Å²) < 4.78 is 40.6. The van der Waals surface area contributed by atoms with Gasteiger partial charge in [0.1, 0.15) is 35.6 Å². The molecule has 4 saturated carbocycles. The Morgan fingerprint density at radius 2 is 1.81 bits per heavy atom. The Hall–Kier alpha value is -3.91. The average Bonchev–Trinajstić information content (AvgIpc) is 4.08. The molecule has 1 aliphatic heterocycles. The molecule has 2 aromatic rings. The van der Waals surface area contributed by atoms with E-state index in [1.165, 1.54) is 11.0 Å². The molecule has 0 radical (unpaired) electrons. The van der Waals surface area contributed by atoms with Crippen molar-refractivity contribution in [2.45, 2.75) is 126 Å². The number of fused-ring (bicyclic) bond motifs is 1. The minimum Gasteiger partial charge on any atom is -0.488 e. The maximum Gasteiger partial charge on any atom is 0.408 e. The van der Waals surface area contributed by atoms with Crippen LogP contribution in [0.2, 0.25) is 5.02 Å². The summed E-state index contributed by atoms with van der Waals surface area (Å²) in [6.07, 6.45) is 8.66. The topological polar surface area (TPSA) is 173 Å². The van der Waals surface area contributed by atoms with E-state index >= 15 is 0 Å². The van der Waals surface area contributed by atoms with Crippen molar-refractivity contribution < 1.29 is 37.1 Å². The van der Waals surface area contributed by atoms with Gasteiger partial charge < -0.3 is 25.0 Å². The highest BCUT2D eigenvalue weighted by Gasteiger charge is 2.64. The summed E-state index contributed by atoms with van der Waals surface area (Å²) in [5.74, 6) is -1.64. The van der Waals surface area contributed by atoms with Crippen molar-refractivity contribution in [2.24, 2.45) is 17.3 Å².